The number of alkyl halides is 3. The van der Waals surface area contributed by atoms with Crippen LogP contribution in [0.3, 0.4) is 0 Å². The Morgan fingerprint density at radius 1 is 0.818 bits per heavy atom. The van der Waals surface area contributed by atoms with Gasteiger partial charge in [0.2, 0.25) is 0 Å². The Balaban J connectivity index is 1.12. The first-order valence-corrected chi connectivity index (χ1v) is 14.6. The number of aryl methyl sites for hydroxylation is 1. The van der Waals surface area contributed by atoms with E-state index in [1.165, 1.54) is 12.1 Å². The van der Waals surface area contributed by atoms with Gasteiger partial charge in [-0.1, -0.05) is 55.5 Å². The summed E-state index contributed by atoms with van der Waals surface area (Å²) in [4.78, 5) is 30.1. The molecular formula is C35H34F3N3O3. The molecule has 9 heteroatoms. The van der Waals surface area contributed by atoms with Crippen molar-refractivity contribution in [3.8, 4) is 16.9 Å². The second-order valence-corrected chi connectivity index (χ2v) is 10.6. The summed E-state index contributed by atoms with van der Waals surface area (Å²) in [5, 5.41) is 2.90. The van der Waals surface area contributed by atoms with Crippen LogP contribution >= 0.6 is 0 Å². The van der Waals surface area contributed by atoms with Crippen LogP contribution in [0.4, 0.5) is 24.5 Å². The molecule has 0 bridgehead atoms. The van der Waals surface area contributed by atoms with Gasteiger partial charge in [0.1, 0.15) is 5.75 Å². The van der Waals surface area contributed by atoms with Crippen molar-refractivity contribution in [1.29, 1.82) is 0 Å². The van der Waals surface area contributed by atoms with Crippen LogP contribution in [0.5, 0.6) is 5.75 Å². The Morgan fingerprint density at radius 2 is 1.48 bits per heavy atom. The number of rotatable bonds is 9. The molecule has 6 nitrogen and oxygen atoms in total. The van der Waals surface area contributed by atoms with Crippen LogP contribution in [-0.2, 0) is 17.4 Å². The van der Waals surface area contributed by atoms with Crippen LogP contribution in [-0.4, -0.2) is 49.5 Å². The number of para-hydroxylation sites is 1. The van der Waals surface area contributed by atoms with Crippen molar-refractivity contribution in [3.05, 3.63) is 114 Å². The molecule has 1 aliphatic heterocycles. The van der Waals surface area contributed by atoms with E-state index in [0.717, 1.165) is 56.0 Å². The van der Waals surface area contributed by atoms with Gasteiger partial charge >= 0.3 is 12.1 Å². The molecule has 0 aliphatic carbocycles. The van der Waals surface area contributed by atoms with Gasteiger partial charge in [0, 0.05) is 49.7 Å². The van der Waals surface area contributed by atoms with E-state index in [-0.39, 0.29) is 11.9 Å². The third kappa shape index (κ3) is 7.65. The maximum Gasteiger partial charge on any atom is 0.416 e. The molecule has 0 radical (unpaired) electrons. The number of carbonyl (C=O) groups is 2. The average molecular weight is 602 g/mol. The molecule has 44 heavy (non-hydrogen) atoms. The van der Waals surface area contributed by atoms with Gasteiger partial charge in [-0.3, -0.25) is 14.5 Å². The van der Waals surface area contributed by atoms with Gasteiger partial charge in [0.25, 0.3) is 5.91 Å². The Morgan fingerprint density at radius 3 is 2.16 bits per heavy atom. The zero-order chi connectivity index (χ0) is 31.1. The fourth-order valence-corrected chi connectivity index (χ4v) is 5.27. The van der Waals surface area contributed by atoms with E-state index in [1.807, 2.05) is 55.5 Å². The first-order valence-electron chi connectivity index (χ1n) is 14.6. The Kier molecular flexibility index (Phi) is 9.65. The normalized spacial score (nSPS) is 13.9. The maximum absolute atomic E-state index is 13.2. The summed E-state index contributed by atoms with van der Waals surface area (Å²) in [5.74, 6) is 0.0549. The molecular weight excluding hydrogens is 567 g/mol. The molecule has 1 fully saturated rings. The molecule has 0 spiro atoms. The quantitative estimate of drug-likeness (QED) is 0.161. The van der Waals surface area contributed by atoms with Crippen molar-refractivity contribution in [3.63, 3.8) is 0 Å². The molecule has 1 heterocycles. The lowest BCUT2D eigenvalue weighted by molar-refractivity contribution is -0.137. The minimum atomic E-state index is -4.42. The highest BCUT2D eigenvalue weighted by atomic mass is 19.4. The van der Waals surface area contributed by atoms with Gasteiger partial charge in [-0.2, -0.15) is 13.2 Å². The molecule has 228 valence electrons. The zero-order valence-corrected chi connectivity index (χ0v) is 24.4. The number of benzene rings is 4. The molecule has 1 saturated heterocycles. The summed E-state index contributed by atoms with van der Waals surface area (Å²) in [6.07, 6.45) is -3.29. The number of halogens is 3. The zero-order valence-electron chi connectivity index (χ0n) is 24.4. The van der Waals surface area contributed by atoms with Crippen LogP contribution in [0.2, 0.25) is 0 Å². The van der Waals surface area contributed by atoms with E-state index in [0.29, 0.717) is 41.1 Å². The Hall–Kier alpha value is -4.63. The van der Waals surface area contributed by atoms with Crippen molar-refractivity contribution in [2.75, 3.05) is 42.9 Å². The molecule has 0 atom stereocenters. The molecule has 1 N–H and O–H groups in total. The van der Waals surface area contributed by atoms with Crippen LogP contribution in [0.25, 0.3) is 11.1 Å². The first kappa shape index (κ1) is 30.8. The molecule has 4 aromatic carbocycles. The van der Waals surface area contributed by atoms with Crippen LogP contribution < -0.4 is 15.0 Å². The number of nitrogens with zero attached hydrogens (tertiary/aromatic N) is 2. The van der Waals surface area contributed by atoms with E-state index in [2.05, 4.69) is 15.1 Å². The number of carbonyl (C=O) groups excluding carboxylic acids is 2. The first-order chi connectivity index (χ1) is 21.2. The predicted octanol–water partition coefficient (Wildman–Crippen LogP) is 7.30. The van der Waals surface area contributed by atoms with Crippen molar-refractivity contribution < 1.29 is 27.5 Å². The highest BCUT2D eigenvalue weighted by molar-refractivity contribution is 6.08. The summed E-state index contributed by atoms with van der Waals surface area (Å²) < 4.78 is 44.6. The lowest BCUT2D eigenvalue weighted by Crippen LogP contribution is -2.47. The molecule has 4 aromatic rings. The van der Waals surface area contributed by atoms with Crippen LogP contribution in [0.1, 0.15) is 34.8 Å². The average Bonchev–Trinajstić information content (AvgIpc) is 3.04. The number of piperazine rings is 1. The topological polar surface area (TPSA) is 61.9 Å². The SMILES string of the molecule is CCc1ccccc1OC(=O)CCN1CCN(c2ccc(NC(=O)c3ccccc3-c3ccc(C(F)(F)F)cc3)cc2)CC1. The van der Waals surface area contributed by atoms with E-state index in [1.54, 1.807) is 24.3 Å². The standard InChI is InChI=1S/C35H34F3N3O3/c1-2-25-7-3-6-10-32(25)44-33(42)19-20-40-21-23-41(24-22-40)29-17-15-28(16-18-29)39-34(43)31-9-5-4-8-30(31)26-11-13-27(14-12-26)35(36,37)38/h3-18H,2,19-24H2,1H3,(H,39,43). The van der Waals surface area contributed by atoms with Gasteiger partial charge in [0.15, 0.2) is 0 Å². The number of ether oxygens (including phenoxy) is 1. The second kappa shape index (κ2) is 13.8. The molecule has 5 rings (SSSR count). The highest BCUT2D eigenvalue weighted by Crippen LogP contribution is 2.32. The summed E-state index contributed by atoms with van der Waals surface area (Å²) in [5.41, 5.74) is 3.36. The molecule has 0 aromatic heterocycles. The Bertz CT molecular complexity index is 1580. The molecule has 0 saturated carbocycles. The van der Waals surface area contributed by atoms with Crippen molar-refractivity contribution in [1.82, 2.24) is 4.90 Å². The number of nitrogens with one attached hydrogen (secondary N) is 1. The van der Waals surface area contributed by atoms with Crippen molar-refractivity contribution >= 4 is 23.3 Å². The van der Waals surface area contributed by atoms with Gasteiger partial charge < -0.3 is 15.0 Å². The Labute approximate surface area is 255 Å². The number of hydrogen-bond acceptors (Lipinski definition) is 5. The third-order valence-electron chi connectivity index (χ3n) is 7.77. The molecule has 0 unspecified atom stereocenters. The van der Waals surface area contributed by atoms with Crippen LogP contribution in [0, 0.1) is 0 Å². The predicted molar refractivity (Wildman–Crippen MR) is 166 cm³/mol. The lowest BCUT2D eigenvalue weighted by atomic mass is 9.98. The fourth-order valence-electron chi connectivity index (χ4n) is 5.27. The molecule has 1 aliphatic rings. The smallest absolute Gasteiger partial charge is 0.416 e. The summed E-state index contributed by atoms with van der Waals surface area (Å²) >= 11 is 0. The van der Waals surface area contributed by atoms with E-state index in [4.69, 9.17) is 4.74 Å². The maximum atomic E-state index is 13.2. The van der Waals surface area contributed by atoms with Crippen molar-refractivity contribution in [2.45, 2.75) is 25.9 Å². The third-order valence-corrected chi connectivity index (χ3v) is 7.77. The van der Waals surface area contributed by atoms with E-state index in [9.17, 15) is 22.8 Å². The highest BCUT2D eigenvalue weighted by Gasteiger charge is 2.30. The minimum absolute atomic E-state index is 0.229. The summed E-state index contributed by atoms with van der Waals surface area (Å²) in [6.45, 7) is 5.92. The van der Waals surface area contributed by atoms with Gasteiger partial charge in [0.05, 0.1) is 12.0 Å². The van der Waals surface area contributed by atoms with Gasteiger partial charge in [-0.25, -0.2) is 0 Å². The minimum Gasteiger partial charge on any atom is -0.426 e. The van der Waals surface area contributed by atoms with E-state index < -0.39 is 11.7 Å². The fraction of sp³-hybridized carbons (Fsp3) is 0.257. The summed E-state index contributed by atoms with van der Waals surface area (Å²) in [7, 11) is 0. The van der Waals surface area contributed by atoms with Gasteiger partial charge in [-0.05, 0) is 71.6 Å². The monoisotopic (exact) mass is 601 g/mol. The number of hydrogen-bond donors (Lipinski definition) is 1. The van der Waals surface area contributed by atoms with E-state index >= 15 is 0 Å². The largest absolute Gasteiger partial charge is 0.426 e. The van der Waals surface area contributed by atoms with Crippen molar-refractivity contribution in [2.24, 2.45) is 0 Å². The number of amides is 1. The lowest BCUT2D eigenvalue weighted by Gasteiger charge is -2.36. The van der Waals surface area contributed by atoms with Crippen LogP contribution in [0.15, 0.2) is 97.1 Å². The van der Waals surface area contributed by atoms with Gasteiger partial charge in [-0.15, -0.1) is 0 Å². The summed E-state index contributed by atoms with van der Waals surface area (Å²) in [6, 6.07) is 26.8. The molecule has 1 amide bonds. The number of esters is 1. The second-order valence-electron chi connectivity index (χ2n) is 10.6. The number of anilines is 2.